The molecule has 0 aromatic heterocycles. The lowest BCUT2D eigenvalue weighted by Gasteiger charge is -2.31. The molecule has 2 amide bonds. The van der Waals surface area contributed by atoms with E-state index in [0.717, 1.165) is 33.3 Å². The molecule has 0 aliphatic carbocycles. The van der Waals surface area contributed by atoms with Crippen LogP contribution in [0.3, 0.4) is 0 Å². The smallest absolute Gasteiger partial charge is 0.243 e. The van der Waals surface area contributed by atoms with Gasteiger partial charge in [-0.1, -0.05) is 89.1 Å². The fraction of sp³-hybridized carbons (Fsp3) is 0.286. The van der Waals surface area contributed by atoms with Crippen molar-refractivity contribution in [1.29, 1.82) is 0 Å². The Morgan fingerprint density at radius 1 is 0.943 bits per heavy atom. The zero-order chi connectivity index (χ0) is 25.0. The molecule has 0 spiro atoms. The number of nitrogens with one attached hydrogen (secondary N) is 1. The van der Waals surface area contributed by atoms with Crippen molar-refractivity contribution in [3.05, 3.63) is 105 Å². The summed E-state index contributed by atoms with van der Waals surface area (Å²) in [5.41, 5.74) is 3.10. The predicted molar refractivity (Wildman–Crippen MR) is 150 cm³/mol. The first kappa shape index (κ1) is 27.3. The zero-order valence-corrected chi connectivity index (χ0v) is 22.9. The van der Waals surface area contributed by atoms with Gasteiger partial charge in [0.2, 0.25) is 11.8 Å². The molecule has 0 fully saturated rings. The van der Waals surface area contributed by atoms with Crippen LogP contribution >= 0.6 is 39.3 Å². The number of halogens is 2. The van der Waals surface area contributed by atoms with Crippen LogP contribution in [0.15, 0.2) is 83.3 Å². The van der Waals surface area contributed by atoms with Gasteiger partial charge in [-0.2, -0.15) is 0 Å². The molecule has 0 aliphatic heterocycles. The molecule has 1 N–H and O–H groups in total. The van der Waals surface area contributed by atoms with Crippen molar-refractivity contribution in [1.82, 2.24) is 10.2 Å². The Bertz CT molecular complexity index is 1080. The number of hydrogen-bond acceptors (Lipinski definition) is 3. The minimum atomic E-state index is -0.611. The van der Waals surface area contributed by atoms with Gasteiger partial charge in [-0.25, -0.2) is 0 Å². The summed E-state index contributed by atoms with van der Waals surface area (Å²) in [5, 5.41) is 3.64. The maximum Gasteiger partial charge on any atom is 0.243 e. The summed E-state index contributed by atoms with van der Waals surface area (Å²) >= 11 is 11.1. The molecule has 3 aromatic carbocycles. The number of carbonyl (C=O) groups is 2. The van der Waals surface area contributed by atoms with E-state index in [2.05, 4.69) is 21.2 Å². The fourth-order valence-corrected chi connectivity index (χ4v) is 4.89. The molecule has 0 radical (unpaired) electrons. The summed E-state index contributed by atoms with van der Waals surface area (Å²) in [6, 6.07) is 24.8. The van der Waals surface area contributed by atoms with E-state index in [-0.39, 0.29) is 17.6 Å². The van der Waals surface area contributed by atoms with Gasteiger partial charge in [0.15, 0.2) is 0 Å². The van der Waals surface area contributed by atoms with Crippen molar-refractivity contribution in [2.75, 3.05) is 12.3 Å². The molecule has 0 bridgehead atoms. The van der Waals surface area contributed by atoms with Crippen molar-refractivity contribution in [3.8, 4) is 0 Å². The van der Waals surface area contributed by atoms with Gasteiger partial charge < -0.3 is 10.2 Å². The third kappa shape index (κ3) is 9.02. The third-order valence-corrected chi connectivity index (χ3v) is 7.26. The van der Waals surface area contributed by atoms with Crippen molar-refractivity contribution in [3.63, 3.8) is 0 Å². The molecule has 0 saturated carbocycles. The van der Waals surface area contributed by atoms with Gasteiger partial charge in [-0.3, -0.25) is 9.59 Å². The van der Waals surface area contributed by atoms with Crippen LogP contribution in [-0.4, -0.2) is 35.1 Å². The first-order valence-electron chi connectivity index (χ1n) is 11.6. The second-order valence-corrected chi connectivity index (χ2v) is 10.6. The number of thioether (sulfide) groups is 1. The molecule has 1 atom stereocenters. The topological polar surface area (TPSA) is 49.4 Å². The molecule has 0 heterocycles. The third-order valence-electron chi connectivity index (χ3n) is 5.49. The van der Waals surface area contributed by atoms with E-state index in [1.165, 1.54) is 0 Å². The maximum atomic E-state index is 13.6. The van der Waals surface area contributed by atoms with Gasteiger partial charge in [0.1, 0.15) is 6.04 Å². The highest BCUT2D eigenvalue weighted by molar-refractivity contribution is 9.10. The molecule has 3 aromatic rings. The normalized spacial score (nSPS) is 11.6. The van der Waals surface area contributed by atoms with Gasteiger partial charge in [0, 0.05) is 34.8 Å². The average Bonchev–Trinajstić information content (AvgIpc) is 2.87. The van der Waals surface area contributed by atoms with E-state index < -0.39 is 6.04 Å². The Morgan fingerprint density at radius 3 is 2.26 bits per heavy atom. The molecule has 3 rings (SSSR count). The van der Waals surface area contributed by atoms with Crippen LogP contribution in [-0.2, 0) is 28.3 Å². The monoisotopic (exact) mass is 572 g/mol. The van der Waals surface area contributed by atoms with E-state index in [9.17, 15) is 9.59 Å². The minimum absolute atomic E-state index is 0.0605. The number of amides is 2. The average molecular weight is 574 g/mol. The zero-order valence-electron chi connectivity index (χ0n) is 19.8. The summed E-state index contributed by atoms with van der Waals surface area (Å²) in [4.78, 5) is 28.6. The van der Waals surface area contributed by atoms with E-state index >= 15 is 0 Å². The van der Waals surface area contributed by atoms with E-state index in [4.69, 9.17) is 11.6 Å². The summed E-state index contributed by atoms with van der Waals surface area (Å²) in [6.45, 7) is 2.93. The second kappa shape index (κ2) is 14.3. The summed E-state index contributed by atoms with van der Waals surface area (Å²) in [7, 11) is 0. The highest BCUT2D eigenvalue weighted by atomic mass is 79.9. The van der Waals surface area contributed by atoms with E-state index in [1.807, 2.05) is 85.8 Å². The van der Waals surface area contributed by atoms with Crippen LogP contribution in [0.1, 0.15) is 30.0 Å². The summed E-state index contributed by atoms with van der Waals surface area (Å²) in [6.07, 6.45) is 1.28. The minimum Gasteiger partial charge on any atom is -0.354 e. The lowest BCUT2D eigenvalue weighted by Crippen LogP contribution is -2.51. The van der Waals surface area contributed by atoms with Crippen LogP contribution in [0.25, 0.3) is 0 Å². The number of hydrogen-bond donors (Lipinski definition) is 1. The van der Waals surface area contributed by atoms with E-state index in [0.29, 0.717) is 24.5 Å². The molecule has 35 heavy (non-hydrogen) atoms. The highest BCUT2D eigenvalue weighted by Crippen LogP contribution is 2.20. The molecule has 184 valence electrons. The molecule has 0 saturated heterocycles. The van der Waals surface area contributed by atoms with Gasteiger partial charge in [0.25, 0.3) is 0 Å². The molecular weight excluding hydrogens is 544 g/mol. The Hall–Kier alpha value is -2.28. The Labute approximate surface area is 225 Å². The predicted octanol–water partition coefficient (Wildman–Crippen LogP) is 6.50. The van der Waals surface area contributed by atoms with Crippen LogP contribution < -0.4 is 5.32 Å². The van der Waals surface area contributed by atoms with Gasteiger partial charge in [0.05, 0.1) is 5.75 Å². The number of benzene rings is 3. The van der Waals surface area contributed by atoms with Crippen molar-refractivity contribution in [2.45, 2.75) is 38.1 Å². The lowest BCUT2D eigenvalue weighted by molar-refractivity contribution is -0.139. The number of carbonyl (C=O) groups excluding carboxylic acids is 2. The van der Waals surface area contributed by atoms with E-state index in [1.54, 1.807) is 16.7 Å². The van der Waals surface area contributed by atoms with Crippen LogP contribution in [0.4, 0.5) is 0 Å². The Morgan fingerprint density at radius 2 is 1.60 bits per heavy atom. The highest BCUT2D eigenvalue weighted by Gasteiger charge is 2.30. The maximum absolute atomic E-state index is 13.6. The standard InChI is InChI=1S/C28H30BrClN2O2S/c1-2-16-31-28(34)26(17-21-6-4-3-5-7-21)32(18-22-10-14-25(30)15-11-22)27(33)20-35-19-23-8-12-24(29)13-9-23/h3-15,26H,2,16-20H2,1H3,(H,31,34)/t26-/m0/s1. The first-order valence-corrected chi connectivity index (χ1v) is 14.0. The van der Waals surface area contributed by atoms with Gasteiger partial charge >= 0.3 is 0 Å². The van der Waals surface area contributed by atoms with Gasteiger partial charge in [-0.05, 0) is 47.4 Å². The second-order valence-electron chi connectivity index (χ2n) is 8.26. The van der Waals surface area contributed by atoms with Crippen molar-refractivity contribution in [2.24, 2.45) is 0 Å². The fourth-order valence-electron chi connectivity index (χ4n) is 3.63. The Balaban J connectivity index is 1.81. The molecule has 7 heteroatoms. The molecule has 4 nitrogen and oxygen atoms in total. The first-order chi connectivity index (χ1) is 17.0. The largest absolute Gasteiger partial charge is 0.354 e. The van der Waals surface area contributed by atoms with Crippen LogP contribution in [0.5, 0.6) is 0 Å². The Kier molecular flexibility index (Phi) is 11.2. The van der Waals surface area contributed by atoms with Crippen molar-refractivity contribution >= 4 is 51.1 Å². The molecule has 0 unspecified atom stereocenters. The number of rotatable bonds is 12. The SMILES string of the molecule is CCCNC(=O)[C@H](Cc1ccccc1)N(Cc1ccc(Cl)cc1)C(=O)CSCc1ccc(Br)cc1. The quantitative estimate of drug-likeness (QED) is 0.269. The molecule has 0 aliphatic rings. The van der Waals surface area contributed by atoms with Gasteiger partial charge in [-0.15, -0.1) is 11.8 Å². The van der Waals surface area contributed by atoms with Crippen LogP contribution in [0, 0.1) is 0 Å². The van der Waals surface area contributed by atoms with Crippen molar-refractivity contribution < 1.29 is 9.59 Å². The number of nitrogens with zero attached hydrogens (tertiary/aromatic N) is 1. The lowest BCUT2D eigenvalue weighted by atomic mass is 10.0. The summed E-state index contributed by atoms with van der Waals surface area (Å²) < 4.78 is 1.03. The summed E-state index contributed by atoms with van der Waals surface area (Å²) in [5.74, 6) is 0.820. The molecular formula is C28H30BrClN2O2S. The van der Waals surface area contributed by atoms with Crippen LogP contribution in [0.2, 0.25) is 5.02 Å².